The lowest BCUT2D eigenvalue weighted by Crippen LogP contribution is -2.22. The lowest BCUT2D eigenvalue weighted by atomic mass is 10.0. The summed E-state index contributed by atoms with van der Waals surface area (Å²) < 4.78 is 42.0. The molecule has 0 unspecified atom stereocenters. The Bertz CT molecular complexity index is 1270. The number of allylic oxidation sites excluding steroid dienone is 1. The number of carbonyl (C=O) groups is 1. The van der Waals surface area contributed by atoms with Crippen LogP contribution >= 0.6 is 0 Å². The van der Waals surface area contributed by atoms with Crippen LogP contribution in [0.15, 0.2) is 59.5 Å². The van der Waals surface area contributed by atoms with Crippen LogP contribution in [-0.2, 0) is 23.0 Å². The maximum absolute atomic E-state index is 14.4. The number of nitrogens with zero attached hydrogens (tertiary/aromatic N) is 3. The summed E-state index contributed by atoms with van der Waals surface area (Å²) in [7, 11) is -0.531. The summed E-state index contributed by atoms with van der Waals surface area (Å²) in [5.41, 5.74) is 3.55. The van der Waals surface area contributed by atoms with E-state index in [9.17, 15) is 17.6 Å². The van der Waals surface area contributed by atoms with E-state index in [1.54, 1.807) is 42.7 Å². The van der Waals surface area contributed by atoms with Gasteiger partial charge in [-0.15, -0.1) is 0 Å². The largest absolute Gasteiger partial charge is 0.465 e. The number of pyridine rings is 1. The van der Waals surface area contributed by atoms with E-state index >= 15 is 0 Å². The van der Waals surface area contributed by atoms with Crippen molar-refractivity contribution in [2.75, 3.05) is 20.6 Å². The van der Waals surface area contributed by atoms with Gasteiger partial charge >= 0.3 is 6.09 Å². The summed E-state index contributed by atoms with van der Waals surface area (Å²) in [6.07, 6.45) is 3.87. The second-order valence-electron chi connectivity index (χ2n) is 7.49. The Morgan fingerprint density at radius 1 is 1.25 bits per heavy atom. The third kappa shape index (κ3) is 4.97. The predicted octanol–water partition coefficient (Wildman–Crippen LogP) is 3.31. The lowest BCUT2D eigenvalue weighted by molar-refractivity contribution is 0.195. The zero-order chi connectivity index (χ0) is 23.5. The highest BCUT2D eigenvalue weighted by Gasteiger charge is 2.18. The quantitative estimate of drug-likeness (QED) is 0.537. The van der Waals surface area contributed by atoms with E-state index in [1.165, 1.54) is 24.5 Å². The summed E-state index contributed by atoms with van der Waals surface area (Å²) in [4.78, 5) is 15.0. The summed E-state index contributed by atoms with van der Waals surface area (Å²) in [6.45, 7) is 1.74. The van der Waals surface area contributed by atoms with Gasteiger partial charge in [0.05, 0.1) is 17.0 Å². The third-order valence-electron chi connectivity index (χ3n) is 5.22. The monoisotopic (exact) mass is 460 g/mol. The molecule has 0 saturated heterocycles. The number of hydrogen-bond donors (Lipinski definition) is 2. The standard InChI is InChI=1S/C22H25FN4O4S/c1-15-19(12-16-4-6-18(7-5-16)32(30,31)26(2)3)20-13-24-10-9-21(20)27(15)14-17(23)8-11-25-22(28)29/h4-10,13,25H,11-12,14H2,1-3H3,(H,28,29). The molecule has 0 spiro atoms. The van der Waals surface area contributed by atoms with E-state index in [4.69, 9.17) is 5.11 Å². The van der Waals surface area contributed by atoms with E-state index in [0.29, 0.717) is 6.42 Å². The first-order chi connectivity index (χ1) is 15.1. The molecule has 32 heavy (non-hydrogen) atoms. The number of hydrogen-bond acceptors (Lipinski definition) is 4. The summed E-state index contributed by atoms with van der Waals surface area (Å²) >= 11 is 0. The SMILES string of the molecule is Cc1c(Cc2ccc(S(=O)(=O)N(C)C)cc2)c2cnccc2n1CC(F)=CCNC(=O)O. The first-order valence-corrected chi connectivity index (χ1v) is 11.3. The summed E-state index contributed by atoms with van der Waals surface area (Å²) in [6, 6.07) is 8.51. The Morgan fingerprint density at radius 3 is 2.56 bits per heavy atom. The van der Waals surface area contributed by atoms with Gasteiger partial charge < -0.3 is 15.0 Å². The fourth-order valence-corrected chi connectivity index (χ4v) is 4.38. The van der Waals surface area contributed by atoms with Crippen molar-refractivity contribution in [3.05, 3.63) is 71.4 Å². The highest BCUT2D eigenvalue weighted by atomic mass is 32.2. The van der Waals surface area contributed by atoms with Crippen LogP contribution in [0.1, 0.15) is 16.8 Å². The van der Waals surface area contributed by atoms with Crippen molar-refractivity contribution in [2.45, 2.75) is 24.8 Å². The smallest absolute Gasteiger partial charge is 0.404 e. The van der Waals surface area contributed by atoms with Gasteiger partial charge in [-0.1, -0.05) is 12.1 Å². The predicted molar refractivity (Wildman–Crippen MR) is 120 cm³/mol. The van der Waals surface area contributed by atoms with E-state index in [-0.39, 0.29) is 18.0 Å². The van der Waals surface area contributed by atoms with Gasteiger partial charge in [-0.25, -0.2) is 21.9 Å². The number of rotatable bonds is 8. The van der Waals surface area contributed by atoms with Crippen LogP contribution in [-0.4, -0.2) is 54.1 Å². The number of carboxylic acid groups (broad SMARTS) is 1. The van der Waals surface area contributed by atoms with Gasteiger partial charge in [0.25, 0.3) is 0 Å². The highest BCUT2D eigenvalue weighted by Crippen LogP contribution is 2.29. The van der Waals surface area contributed by atoms with Gasteiger partial charge in [0.15, 0.2) is 0 Å². The van der Waals surface area contributed by atoms with Crippen LogP contribution in [0.25, 0.3) is 10.9 Å². The maximum atomic E-state index is 14.4. The minimum Gasteiger partial charge on any atom is -0.465 e. The Balaban J connectivity index is 1.91. The summed E-state index contributed by atoms with van der Waals surface area (Å²) in [5.74, 6) is -0.458. The molecule has 0 aliphatic carbocycles. The molecule has 0 radical (unpaired) electrons. The Morgan fingerprint density at radius 2 is 1.94 bits per heavy atom. The minimum atomic E-state index is -3.50. The van der Waals surface area contributed by atoms with Gasteiger partial charge in [0.1, 0.15) is 5.83 Å². The van der Waals surface area contributed by atoms with Crippen molar-refractivity contribution < 1.29 is 22.7 Å². The number of aromatic nitrogens is 2. The first kappa shape index (κ1) is 23.4. The fourth-order valence-electron chi connectivity index (χ4n) is 3.48. The average molecular weight is 461 g/mol. The zero-order valence-corrected chi connectivity index (χ0v) is 18.9. The zero-order valence-electron chi connectivity index (χ0n) is 18.0. The van der Waals surface area contributed by atoms with E-state index < -0.39 is 21.9 Å². The summed E-state index contributed by atoms with van der Waals surface area (Å²) in [5, 5.41) is 11.6. The third-order valence-corrected chi connectivity index (χ3v) is 7.05. The normalized spacial score (nSPS) is 12.5. The Labute approximate surface area is 186 Å². The molecule has 0 saturated carbocycles. The molecular formula is C22H25FN4O4S. The van der Waals surface area contributed by atoms with Crippen LogP contribution in [0.3, 0.4) is 0 Å². The molecule has 3 rings (SSSR count). The molecule has 0 aliphatic rings. The molecule has 2 N–H and O–H groups in total. The van der Waals surface area contributed by atoms with Crippen LogP contribution in [0.2, 0.25) is 0 Å². The second-order valence-corrected chi connectivity index (χ2v) is 9.64. The molecule has 2 heterocycles. The molecule has 1 aromatic carbocycles. The van der Waals surface area contributed by atoms with Crippen LogP contribution in [0.4, 0.5) is 9.18 Å². The molecule has 0 fully saturated rings. The van der Waals surface area contributed by atoms with Gasteiger partial charge in [0.2, 0.25) is 10.0 Å². The van der Waals surface area contributed by atoms with Crippen molar-refractivity contribution >= 4 is 27.0 Å². The van der Waals surface area contributed by atoms with Gasteiger partial charge in [-0.2, -0.15) is 0 Å². The lowest BCUT2D eigenvalue weighted by Gasteiger charge is -2.12. The molecule has 10 heteroatoms. The van der Waals surface area contributed by atoms with Crippen LogP contribution in [0, 0.1) is 6.92 Å². The van der Waals surface area contributed by atoms with Crippen molar-refractivity contribution in [1.82, 2.24) is 19.2 Å². The molecule has 8 nitrogen and oxygen atoms in total. The van der Waals surface area contributed by atoms with Crippen molar-refractivity contribution in [1.29, 1.82) is 0 Å². The van der Waals surface area contributed by atoms with Gasteiger partial charge in [-0.05, 0) is 48.7 Å². The fraction of sp³-hybridized carbons (Fsp3) is 0.273. The van der Waals surface area contributed by atoms with Crippen LogP contribution in [0.5, 0.6) is 0 Å². The number of fused-ring (bicyclic) bond motifs is 1. The number of halogens is 1. The van der Waals surface area contributed by atoms with Crippen molar-refractivity contribution in [3.8, 4) is 0 Å². The number of nitrogens with one attached hydrogen (secondary N) is 1. The number of benzene rings is 1. The van der Waals surface area contributed by atoms with Crippen molar-refractivity contribution in [2.24, 2.45) is 0 Å². The molecule has 2 aromatic heterocycles. The minimum absolute atomic E-state index is 0.0341. The van der Waals surface area contributed by atoms with E-state index in [1.807, 2.05) is 11.5 Å². The van der Waals surface area contributed by atoms with E-state index in [0.717, 1.165) is 27.7 Å². The second kappa shape index (κ2) is 9.49. The van der Waals surface area contributed by atoms with E-state index in [2.05, 4.69) is 10.3 Å². The van der Waals surface area contributed by atoms with Gasteiger partial charge in [0, 0.05) is 44.1 Å². The number of sulfonamides is 1. The maximum Gasteiger partial charge on any atom is 0.404 e. The first-order valence-electron chi connectivity index (χ1n) is 9.85. The molecule has 0 bridgehead atoms. The highest BCUT2D eigenvalue weighted by molar-refractivity contribution is 7.89. The van der Waals surface area contributed by atoms with Crippen LogP contribution < -0.4 is 5.32 Å². The Kier molecular flexibility index (Phi) is 6.95. The number of amides is 1. The molecule has 0 atom stereocenters. The van der Waals surface area contributed by atoms with Crippen molar-refractivity contribution in [3.63, 3.8) is 0 Å². The molecule has 170 valence electrons. The molecular weight excluding hydrogens is 435 g/mol. The average Bonchev–Trinajstić information content (AvgIpc) is 2.99. The molecule has 3 aromatic rings. The topological polar surface area (TPSA) is 105 Å². The molecule has 1 amide bonds. The molecule has 0 aliphatic heterocycles. The van der Waals surface area contributed by atoms with Gasteiger partial charge in [-0.3, -0.25) is 4.98 Å². The Hall–Kier alpha value is -3.24.